The lowest BCUT2D eigenvalue weighted by atomic mass is 9.80. The van der Waals surface area contributed by atoms with Crippen LogP contribution in [0, 0.1) is 5.82 Å². The van der Waals surface area contributed by atoms with Crippen LogP contribution < -0.4 is 10.6 Å². The summed E-state index contributed by atoms with van der Waals surface area (Å²) in [6.45, 7) is 2.40. The number of fused-ring (bicyclic) bond motifs is 1. The monoisotopic (exact) mass is 398 g/mol. The summed E-state index contributed by atoms with van der Waals surface area (Å²) in [4.78, 5) is 26.0. The molecule has 154 valence electrons. The van der Waals surface area contributed by atoms with Gasteiger partial charge in [-0.25, -0.2) is 9.07 Å². The second kappa shape index (κ2) is 7.97. The normalized spacial score (nSPS) is 17.6. The number of para-hydroxylation sites is 1. The lowest BCUT2D eigenvalue weighted by Gasteiger charge is -2.36. The van der Waals surface area contributed by atoms with Gasteiger partial charge in [-0.1, -0.05) is 31.4 Å². The zero-order chi connectivity index (χ0) is 20.4. The largest absolute Gasteiger partial charge is 0.354 e. The Kier molecular flexibility index (Phi) is 5.39. The number of benzene rings is 1. The van der Waals surface area contributed by atoms with Gasteiger partial charge >= 0.3 is 0 Å². The number of nitrogens with zero attached hydrogens (tertiary/aromatic N) is 2. The summed E-state index contributed by atoms with van der Waals surface area (Å²) in [5.74, 6) is -0.840. The molecule has 6 nitrogen and oxygen atoms in total. The Hall–Kier alpha value is -2.70. The third-order valence-corrected chi connectivity index (χ3v) is 6.06. The molecule has 2 amide bonds. The third kappa shape index (κ3) is 3.54. The minimum absolute atomic E-state index is 0.127. The maximum Gasteiger partial charge on any atom is 0.272 e. The minimum atomic E-state index is -0.890. The van der Waals surface area contributed by atoms with Crippen LogP contribution in [-0.2, 0) is 17.6 Å². The van der Waals surface area contributed by atoms with E-state index in [4.69, 9.17) is 0 Å². The van der Waals surface area contributed by atoms with Gasteiger partial charge in [0.05, 0.1) is 0 Å². The average molecular weight is 398 g/mol. The van der Waals surface area contributed by atoms with Gasteiger partial charge in [0.25, 0.3) is 5.91 Å². The van der Waals surface area contributed by atoms with Crippen molar-refractivity contribution in [1.29, 1.82) is 0 Å². The molecule has 7 heteroatoms. The molecule has 1 heterocycles. The van der Waals surface area contributed by atoms with Crippen LogP contribution in [0.5, 0.6) is 0 Å². The number of nitrogens with one attached hydrogen (secondary N) is 2. The highest BCUT2D eigenvalue weighted by atomic mass is 19.1. The number of aromatic nitrogens is 2. The molecule has 0 spiro atoms. The van der Waals surface area contributed by atoms with E-state index < -0.39 is 5.54 Å². The van der Waals surface area contributed by atoms with Crippen LogP contribution >= 0.6 is 0 Å². The van der Waals surface area contributed by atoms with Crippen molar-refractivity contribution in [1.82, 2.24) is 20.4 Å². The van der Waals surface area contributed by atoms with Crippen LogP contribution in [0.25, 0.3) is 5.69 Å². The molecule has 0 aliphatic heterocycles. The molecule has 29 heavy (non-hydrogen) atoms. The smallest absolute Gasteiger partial charge is 0.272 e. The third-order valence-electron chi connectivity index (χ3n) is 6.06. The van der Waals surface area contributed by atoms with Crippen LogP contribution in [-0.4, -0.2) is 33.7 Å². The Labute approximate surface area is 169 Å². The van der Waals surface area contributed by atoms with Crippen LogP contribution in [0.1, 0.15) is 67.2 Å². The highest BCUT2D eigenvalue weighted by Gasteiger charge is 2.42. The molecular weight excluding hydrogens is 371 g/mol. The van der Waals surface area contributed by atoms with Crippen LogP contribution in [0.15, 0.2) is 24.3 Å². The molecule has 1 saturated carbocycles. The van der Waals surface area contributed by atoms with Gasteiger partial charge in [0.1, 0.15) is 17.0 Å². The molecule has 2 aliphatic rings. The summed E-state index contributed by atoms with van der Waals surface area (Å²) in [6, 6.07) is 6.45. The molecular formula is C22H27FN4O2. The summed E-state index contributed by atoms with van der Waals surface area (Å²) in [6.07, 6.45) is 6.52. The van der Waals surface area contributed by atoms with E-state index in [1.807, 2.05) is 6.92 Å². The van der Waals surface area contributed by atoms with Crippen molar-refractivity contribution in [3.63, 3.8) is 0 Å². The van der Waals surface area contributed by atoms with Crippen molar-refractivity contribution in [2.45, 2.75) is 63.8 Å². The molecule has 1 aromatic heterocycles. The van der Waals surface area contributed by atoms with Crippen LogP contribution in [0.3, 0.4) is 0 Å². The molecule has 2 aromatic rings. The molecule has 0 bridgehead atoms. The predicted octanol–water partition coefficient (Wildman–Crippen LogP) is 3.07. The summed E-state index contributed by atoms with van der Waals surface area (Å²) >= 11 is 0. The first kappa shape index (κ1) is 19.6. The van der Waals surface area contributed by atoms with E-state index in [9.17, 15) is 14.0 Å². The average Bonchev–Trinajstić information content (AvgIpc) is 3.32. The zero-order valence-electron chi connectivity index (χ0n) is 16.8. The van der Waals surface area contributed by atoms with Crippen LogP contribution in [0.2, 0.25) is 0 Å². The molecule has 0 unspecified atom stereocenters. The molecule has 1 fully saturated rings. The van der Waals surface area contributed by atoms with Gasteiger partial charge in [-0.15, -0.1) is 0 Å². The minimum Gasteiger partial charge on any atom is -0.354 e. The van der Waals surface area contributed by atoms with Gasteiger partial charge in [0, 0.05) is 17.8 Å². The quantitative estimate of drug-likeness (QED) is 0.813. The zero-order valence-corrected chi connectivity index (χ0v) is 16.8. The highest BCUT2D eigenvalue weighted by Crippen LogP contribution is 2.31. The van der Waals surface area contributed by atoms with Crippen molar-refractivity contribution in [3.8, 4) is 5.69 Å². The first-order chi connectivity index (χ1) is 14.1. The number of carbonyl (C=O) groups excluding carboxylic acids is 2. The van der Waals surface area contributed by atoms with E-state index in [1.165, 1.54) is 6.07 Å². The van der Waals surface area contributed by atoms with E-state index in [0.29, 0.717) is 30.8 Å². The number of rotatable bonds is 5. The Balaban J connectivity index is 1.68. The maximum absolute atomic E-state index is 14.4. The van der Waals surface area contributed by atoms with E-state index in [0.717, 1.165) is 49.8 Å². The molecule has 4 rings (SSSR count). The van der Waals surface area contributed by atoms with E-state index in [-0.39, 0.29) is 17.6 Å². The lowest BCUT2D eigenvalue weighted by Crippen LogP contribution is -2.59. The van der Waals surface area contributed by atoms with Gasteiger partial charge in [-0.05, 0) is 51.2 Å². The second-order valence-electron chi connectivity index (χ2n) is 7.95. The van der Waals surface area contributed by atoms with Crippen molar-refractivity contribution in [3.05, 3.63) is 47.0 Å². The SMILES string of the molecule is CCNC(=O)C1(NC(=O)c2nn(-c3ccccc3F)c3c2CCC3)CCCCC1. The standard InChI is InChI=1S/C22H27FN4O2/c1-2-24-21(29)22(13-6-3-7-14-22)25-20(28)19-15-9-8-12-17(15)27(26-19)18-11-5-4-10-16(18)23/h4-5,10-11H,2-3,6-9,12-14H2,1H3,(H,24,29)(H,25,28). The molecule has 0 radical (unpaired) electrons. The molecule has 2 aliphatic carbocycles. The van der Waals surface area contributed by atoms with Gasteiger partial charge in [0.15, 0.2) is 5.69 Å². The van der Waals surface area contributed by atoms with E-state index in [1.54, 1.807) is 22.9 Å². The first-order valence-corrected chi connectivity index (χ1v) is 10.5. The van der Waals surface area contributed by atoms with Gasteiger partial charge in [0.2, 0.25) is 5.91 Å². The molecule has 0 saturated heterocycles. The Morgan fingerprint density at radius 3 is 2.62 bits per heavy atom. The molecule has 2 N–H and O–H groups in total. The Morgan fingerprint density at radius 2 is 1.90 bits per heavy atom. The summed E-state index contributed by atoms with van der Waals surface area (Å²) in [7, 11) is 0. The Bertz CT molecular complexity index is 931. The van der Waals surface area contributed by atoms with Crippen molar-refractivity contribution in [2.75, 3.05) is 6.54 Å². The topological polar surface area (TPSA) is 76.0 Å². The van der Waals surface area contributed by atoms with Crippen molar-refractivity contribution < 1.29 is 14.0 Å². The highest BCUT2D eigenvalue weighted by molar-refractivity contribution is 5.99. The fraction of sp³-hybridized carbons (Fsp3) is 0.500. The first-order valence-electron chi connectivity index (χ1n) is 10.5. The molecule has 1 aromatic carbocycles. The van der Waals surface area contributed by atoms with Crippen molar-refractivity contribution >= 4 is 11.8 Å². The van der Waals surface area contributed by atoms with E-state index >= 15 is 0 Å². The van der Waals surface area contributed by atoms with E-state index in [2.05, 4.69) is 15.7 Å². The molecule has 0 atom stereocenters. The number of hydrogen-bond acceptors (Lipinski definition) is 3. The number of halogens is 1. The second-order valence-corrected chi connectivity index (χ2v) is 7.95. The number of carbonyl (C=O) groups is 2. The summed E-state index contributed by atoms with van der Waals surface area (Å²) in [5.41, 5.74) is 1.53. The Morgan fingerprint density at radius 1 is 1.14 bits per heavy atom. The number of amides is 2. The fourth-order valence-electron chi connectivity index (χ4n) is 4.61. The maximum atomic E-state index is 14.4. The lowest BCUT2D eigenvalue weighted by molar-refractivity contribution is -0.128. The van der Waals surface area contributed by atoms with Gasteiger partial charge in [-0.3, -0.25) is 9.59 Å². The van der Waals surface area contributed by atoms with Crippen molar-refractivity contribution in [2.24, 2.45) is 0 Å². The van der Waals surface area contributed by atoms with Gasteiger partial charge in [-0.2, -0.15) is 5.10 Å². The van der Waals surface area contributed by atoms with Gasteiger partial charge < -0.3 is 10.6 Å². The predicted molar refractivity (Wildman–Crippen MR) is 108 cm³/mol. The summed E-state index contributed by atoms with van der Waals surface area (Å²) in [5, 5.41) is 10.4. The summed E-state index contributed by atoms with van der Waals surface area (Å²) < 4.78 is 15.9. The fourth-order valence-corrected chi connectivity index (χ4v) is 4.61. The van der Waals surface area contributed by atoms with Crippen LogP contribution in [0.4, 0.5) is 4.39 Å². The number of hydrogen-bond donors (Lipinski definition) is 2. The number of likely N-dealkylation sites (N-methyl/N-ethyl adjacent to an activating group) is 1.